The van der Waals surface area contributed by atoms with E-state index in [0.29, 0.717) is 10.6 Å². The SMILES string of the molecule is OC(C#Cc1ccc(Cl)cc1)c1ccccc1C#Cc1ccccc1. The lowest BCUT2D eigenvalue weighted by Crippen LogP contribution is -1.97. The zero-order chi connectivity index (χ0) is 17.5. The van der Waals surface area contributed by atoms with Crippen molar-refractivity contribution in [3.8, 4) is 23.7 Å². The van der Waals surface area contributed by atoms with Crippen molar-refractivity contribution in [3.05, 3.63) is 106 Å². The molecule has 25 heavy (non-hydrogen) atoms. The Morgan fingerprint density at radius 3 is 2.08 bits per heavy atom. The summed E-state index contributed by atoms with van der Waals surface area (Å²) < 4.78 is 0. The standard InChI is InChI=1S/C23H15ClO/c24-21-15-11-19(12-16-21)13-17-23(25)22-9-5-4-8-20(22)14-10-18-6-2-1-3-7-18/h1-9,11-12,15-16,23,25H. The Hall–Kier alpha value is -2.97. The van der Waals surface area contributed by atoms with Crippen LogP contribution in [0.15, 0.2) is 78.9 Å². The normalized spacial score (nSPS) is 10.8. The van der Waals surface area contributed by atoms with Crippen LogP contribution in [0.1, 0.15) is 28.4 Å². The number of benzene rings is 3. The zero-order valence-corrected chi connectivity index (χ0v) is 14.2. The van der Waals surface area contributed by atoms with Crippen molar-refractivity contribution in [1.82, 2.24) is 0 Å². The summed E-state index contributed by atoms with van der Waals surface area (Å²) in [6.45, 7) is 0. The average molecular weight is 343 g/mol. The molecular weight excluding hydrogens is 328 g/mol. The summed E-state index contributed by atoms with van der Waals surface area (Å²) in [5, 5.41) is 11.1. The largest absolute Gasteiger partial charge is 0.376 e. The lowest BCUT2D eigenvalue weighted by atomic mass is 10.0. The van der Waals surface area contributed by atoms with E-state index in [9.17, 15) is 5.11 Å². The molecule has 0 spiro atoms. The minimum absolute atomic E-state index is 0.660. The van der Waals surface area contributed by atoms with Gasteiger partial charge in [-0.2, -0.15) is 0 Å². The van der Waals surface area contributed by atoms with Gasteiger partial charge in [-0.05, 0) is 42.5 Å². The Labute approximate surface area is 152 Å². The van der Waals surface area contributed by atoms with Gasteiger partial charge in [-0.1, -0.05) is 71.7 Å². The van der Waals surface area contributed by atoms with Gasteiger partial charge in [0.25, 0.3) is 0 Å². The first kappa shape index (κ1) is 16.9. The van der Waals surface area contributed by atoms with Gasteiger partial charge in [0.15, 0.2) is 0 Å². The van der Waals surface area contributed by atoms with Crippen molar-refractivity contribution in [2.24, 2.45) is 0 Å². The molecule has 1 unspecified atom stereocenters. The summed E-state index contributed by atoms with van der Waals surface area (Å²) in [5.74, 6) is 12.1. The summed E-state index contributed by atoms with van der Waals surface area (Å²) in [5.41, 5.74) is 3.20. The Balaban J connectivity index is 1.86. The summed E-state index contributed by atoms with van der Waals surface area (Å²) in [7, 11) is 0. The number of aliphatic hydroxyl groups is 1. The third kappa shape index (κ3) is 4.75. The second-order valence-electron chi connectivity index (χ2n) is 5.38. The predicted octanol–water partition coefficient (Wildman–Crippen LogP) is 4.82. The number of aliphatic hydroxyl groups excluding tert-OH is 1. The first-order chi connectivity index (χ1) is 12.2. The molecule has 0 radical (unpaired) electrons. The highest BCUT2D eigenvalue weighted by Crippen LogP contribution is 2.17. The fourth-order valence-corrected chi connectivity index (χ4v) is 2.40. The molecular formula is C23H15ClO. The van der Waals surface area contributed by atoms with E-state index in [-0.39, 0.29) is 0 Å². The first-order valence-electron chi connectivity index (χ1n) is 7.83. The Morgan fingerprint density at radius 1 is 0.680 bits per heavy atom. The van der Waals surface area contributed by atoms with Crippen LogP contribution >= 0.6 is 11.6 Å². The van der Waals surface area contributed by atoms with Gasteiger partial charge < -0.3 is 5.11 Å². The van der Waals surface area contributed by atoms with Gasteiger partial charge in [-0.3, -0.25) is 0 Å². The molecule has 3 aromatic rings. The molecule has 0 bridgehead atoms. The molecule has 0 aliphatic carbocycles. The van der Waals surface area contributed by atoms with Gasteiger partial charge in [0.05, 0.1) is 0 Å². The number of hydrogen-bond acceptors (Lipinski definition) is 1. The molecule has 3 rings (SSSR count). The smallest absolute Gasteiger partial charge is 0.141 e. The van der Waals surface area contributed by atoms with Crippen molar-refractivity contribution >= 4 is 11.6 Å². The molecule has 120 valence electrons. The topological polar surface area (TPSA) is 20.2 Å². The maximum atomic E-state index is 10.4. The molecule has 0 saturated carbocycles. The van der Waals surface area contributed by atoms with E-state index >= 15 is 0 Å². The Kier molecular flexibility index (Phi) is 5.55. The van der Waals surface area contributed by atoms with Crippen LogP contribution in [0.2, 0.25) is 5.02 Å². The van der Waals surface area contributed by atoms with Crippen molar-refractivity contribution in [2.75, 3.05) is 0 Å². The van der Waals surface area contributed by atoms with E-state index in [1.807, 2.05) is 66.7 Å². The molecule has 2 heteroatoms. The van der Waals surface area contributed by atoms with Gasteiger partial charge >= 0.3 is 0 Å². The van der Waals surface area contributed by atoms with Gasteiger partial charge in [-0.15, -0.1) is 0 Å². The number of hydrogen-bond donors (Lipinski definition) is 1. The second-order valence-corrected chi connectivity index (χ2v) is 5.82. The van der Waals surface area contributed by atoms with Gasteiger partial charge in [0.2, 0.25) is 0 Å². The quantitative estimate of drug-likeness (QED) is 0.628. The third-order valence-electron chi connectivity index (χ3n) is 3.57. The lowest BCUT2D eigenvalue weighted by Gasteiger charge is -2.06. The van der Waals surface area contributed by atoms with Crippen molar-refractivity contribution in [2.45, 2.75) is 6.10 Å². The van der Waals surface area contributed by atoms with E-state index < -0.39 is 6.10 Å². The van der Waals surface area contributed by atoms with Crippen LogP contribution in [0, 0.1) is 23.7 Å². The first-order valence-corrected chi connectivity index (χ1v) is 8.21. The third-order valence-corrected chi connectivity index (χ3v) is 3.82. The van der Waals surface area contributed by atoms with Crippen molar-refractivity contribution < 1.29 is 5.11 Å². The fraction of sp³-hybridized carbons (Fsp3) is 0.0435. The van der Waals surface area contributed by atoms with Crippen LogP contribution in [0.25, 0.3) is 0 Å². The molecule has 1 N–H and O–H groups in total. The van der Waals surface area contributed by atoms with E-state index in [1.165, 1.54) is 0 Å². The van der Waals surface area contributed by atoms with Crippen LogP contribution in [0.3, 0.4) is 0 Å². The molecule has 0 aliphatic rings. The molecule has 1 atom stereocenters. The molecule has 0 saturated heterocycles. The molecule has 0 amide bonds. The van der Waals surface area contributed by atoms with Crippen LogP contribution in [-0.2, 0) is 0 Å². The van der Waals surface area contributed by atoms with E-state index in [0.717, 1.165) is 16.7 Å². The Morgan fingerprint density at radius 2 is 1.32 bits per heavy atom. The van der Waals surface area contributed by atoms with E-state index in [1.54, 1.807) is 12.1 Å². The predicted molar refractivity (Wildman–Crippen MR) is 102 cm³/mol. The highest BCUT2D eigenvalue weighted by Gasteiger charge is 2.07. The minimum atomic E-state index is -0.906. The molecule has 3 aromatic carbocycles. The molecule has 0 heterocycles. The van der Waals surface area contributed by atoms with E-state index in [2.05, 4.69) is 23.7 Å². The minimum Gasteiger partial charge on any atom is -0.376 e. The lowest BCUT2D eigenvalue weighted by molar-refractivity contribution is 0.238. The maximum Gasteiger partial charge on any atom is 0.141 e. The van der Waals surface area contributed by atoms with Gasteiger partial charge in [-0.25, -0.2) is 0 Å². The van der Waals surface area contributed by atoms with Crippen LogP contribution in [0.5, 0.6) is 0 Å². The highest BCUT2D eigenvalue weighted by atomic mass is 35.5. The second kappa shape index (κ2) is 8.22. The zero-order valence-electron chi connectivity index (χ0n) is 13.4. The van der Waals surface area contributed by atoms with Gasteiger partial charge in [0, 0.05) is 27.3 Å². The molecule has 0 aliphatic heterocycles. The number of halogens is 1. The number of rotatable bonds is 1. The van der Waals surface area contributed by atoms with E-state index in [4.69, 9.17) is 11.6 Å². The monoisotopic (exact) mass is 342 g/mol. The van der Waals surface area contributed by atoms with Crippen LogP contribution in [0.4, 0.5) is 0 Å². The Bertz CT molecular complexity index is 968. The summed E-state index contributed by atoms with van der Waals surface area (Å²) in [4.78, 5) is 0. The van der Waals surface area contributed by atoms with Crippen molar-refractivity contribution in [1.29, 1.82) is 0 Å². The molecule has 1 nitrogen and oxygen atoms in total. The van der Waals surface area contributed by atoms with Gasteiger partial charge in [0.1, 0.15) is 6.10 Å². The van der Waals surface area contributed by atoms with Crippen molar-refractivity contribution in [3.63, 3.8) is 0 Å². The maximum absolute atomic E-state index is 10.4. The average Bonchev–Trinajstić information content (AvgIpc) is 2.67. The van der Waals surface area contributed by atoms with Crippen LogP contribution < -0.4 is 0 Å². The fourth-order valence-electron chi connectivity index (χ4n) is 2.27. The molecule has 0 fully saturated rings. The molecule has 0 aromatic heterocycles. The van der Waals surface area contributed by atoms with Crippen LogP contribution in [-0.4, -0.2) is 5.11 Å². The summed E-state index contributed by atoms with van der Waals surface area (Å²) in [6.07, 6.45) is -0.906. The summed E-state index contributed by atoms with van der Waals surface area (Å²) in [6, 6.07) is 24.4. The highest BCUT2D eigenvalue weighted by molar-refractivity contribution is 6.30. The summed E-state index contributed by atoms with van der Waals surface area (Å²) >= 11 is 5.86.